The van der Waals surface area contributed by atoms with Crippen molar-refractivity contribution >= 4 is 50.9 Å². The summed E-state index contributed by atoms with van der Waals surface area (Å²) in [6.45, 7) is 3.32. The molecule has 2 N–H and O–H groups in total. The number of amides is 2. The molecule has 4 nitrogen and oxygen atoms in total. The summed E-state index contributed by atoms with van der Waals surface area (Å²) < 4.78 is 1.01. The van der Waals surface area contributed by atoms with Gasteiger partial charge in [0, 0.05) is 27.7 Å². The lowest BCUT2D eigenvalue weighted by Gasteiger charge is -2.12. The highest BCUT2D eigenvalue weighted by molar-refractivity contribution is 9.10. The average molecular weight is 393 g/mol. The Kier molecular flexibility index (Phi) is 6.24. The first-order valence-corrected chi connectivity index (χ1v) is 8.72. The minimum absolute atomic E-state index is 0.0646. The quantitative estimate of drug-likeness (QED) is 0.734. The van der Waals surface area contributed by atoms with E-state index >= 15 is 0 Å². The van der Waals surface area contributed by atoms with E-state index in [1.807, 2.05) is 31.2 Å². The molecule has 2 amide bonds. The third kappa shape index (κ3) is 5.73. The molecule has 0 unspecified atom stereocenters. The number of hydrogen-bond acceptors (Lipinski definition) is 3. The van der Waals surface area contributed by atoms with Crippen LogP contribution in [-0.2, 0) is 9.59 Å². The molecule has 0 aliphatic rings. The molecule has 0 heterocycles. The Morgan fingerprint density at radius 3 is 2.00 bits per heavy atom. The summed E-state index contributed by atoms with van der Waals surface area (Å²) in [6.07, 6.45) is 0. The van der Waals surface area contributed by atoms with E-state index in [1.165, 1.54) is 18.7 Å². The molecule has 0 radical (unpaired) electrons. The van der Waals surface area contributed by atoms with Gasteiger partial charge in [-0.2, -0.15) is 0 Å². The molecule has 0 spiro atoms. The molecule has 1 atom stereocenters. The van der Waals surface area contributed by atoms with Gasteiger partial charge in [0.15, 0.2) is 0 Å². The molecule has 0 aliphatic carbocycles. The van der Waals surface area contributed by atoms with Crippen LogP contribution in [0.15, 0.2) is 57.9 Å². The standard InChI is InChI=1S/C17H17BrN2O2S/c1-11(23-16-9-3-13(18)4-10-16)17(22)20-15-7-5-14(6-8-15)19-12(2)21/h3-11H,1-2H3,(H,19,21)(H,20,22)/t11-/m0/s1. The van der Waals surface area contributed by atoms with E-state index < -0.39 is 0 Å². The highest BCUT2D eigenvalue weighted by Crippen LogP contribution is 2.25. The van der Waals surface area contributed by atoms with Gasteiger partial charge in [-0.05, 0) is 55.5 Å². The zero-order chi connectivity index (χ0) is 16.8. The van der Waals surface area contributed by atoms with E-state index in [1.54, 1.807) is 24.3 Å². The lowest BCUT2D eigenvalue weighted by Crippen LogP contribution is -2.22. The van der Waals surface area contributed by atoms with Crippen molar-refractivity contribution in [3.05, 3.63) is 53.0 Å². The Morgan fingerprint density at radius 2 is 1.48 bits per heavy atom. The predicted molar refractivity (Wildman–Crippen MR) is 98.8 cm³/mol. The summed E-state index contributed by atoms with van der Waals surface area (Å²) >= 11 is 4.89. The predicted octanol–water partition coefficient (Wildman–Crippen LogP) is 4.53. The van der Waals surface area contributed by atoms with Gasteiger partial charge in [0.05, 0.1) is 5.25 Å². The van der Waals surface area contributed by atoms with E-state index in [4.69, 9.17) is 0 Å². The van der Waals surface area contributed by atoms with Crippen LogP contribution in [0.4, 0.5) is 11.4 Å². The van der Waals surface area contributed by atoms with Crippen LogP contribution in [0.2, 0.25) is 0 Å². The molecule has 120 valence electrons. The normalized spacial score (nSPS) is 11.6. The van der Waals surface area contributed by atoms with Crippen molar-refractivity contribution in [1.82, 2.24) is 0 Å². The summed E-state index contributed by atoms with van der Waals surface area (Å²) in [7, 11) is 0. The van der Waals surface area contributed by atoms with Gasteiger partial charge in [0.2, 0.25) is 11.8 Å². The number of thioether (sulfide) groups is 1. The fourth-order valence-corrected chi connectivity index (χ4v) is 2.99. The molecule has 23 heavy (non-hydrogen) atoms. The number of rotatable bonds is 5. The van der Waals surface area contributed by atoms with Crippen molar-refractivity contribution < 1.29 is 9.59 Å². The first-order chi connectivity index (χ1) is 10.9. The third-order valence-electron chi connectivity index (χ3n) is 2.97. The average Bonchev–Trinajstić information content (AvgIpc) is 2.51. The number of benzene rings is 2. The van der Waals surface area contributed by atoms with Crippen LogP contribution in [0.1, 0.15) is 13.8 Å². The van der Waals surface area contributed by atoms with Crippen LogP contribution < -0.4 is 10.6 Å². The maximum atomic E-state index is 12.2. The number of halogens is 1. The van der Waals surface area contributed by atoms with Crippen molar-refractivity contribution in [1.29, 1.82) is 0 Å². The summed E-state index contributed by atoms with van der Waals surface area (Å²) in [5.41, 5.74) is 1.40. The molecule has 0 fully saturated rings. The van der Waals surface area contributed by atoms with Gasteiger partial charge in [-0.3, -0.25) is 9.59 Å². The van der Waals surface area contributed by atoms with Crippen molar-refractivity contribution in [3.8, 4) is 0 Å². The Morgan fingerprint density at radius 1 is 0.957 bits per heavy atom. The topological polar surface area (TPSA) is 58.2 Å². The lowest BCUT2D eigenvalue weighted by atomic mass is 10.2. The van der Waals surface area contributed by atoms with Crippen molar-refractivity contribution in [3.63, 3.8) is 0 Å². The van der Waals surface area contributed by atoms with Gasteiger partial charge in [-0.1, -0.05) is 15.9 Å². The molecule has 0 saturated heterocycles. The third-order valence-corrected chi connectivity index (χ3v) is 4.61. The molecular formula is C17H17BrN2O2S. The molecule has 6 heteroatoms. The zero-order valence-electron chi connectivity index (χ0n) is 12.8. The lowest BCUT2D eigenvalue weighted by molar-refractivity contribution is -0.115. The van der Waals surface area contributed by atoms with E-state index in [2.05, 4.69) is 26.6 Å². The van der Waals surface area contributed by atoms with Gasteiger partial charge in [0.1, 0.15) is 0 Å². The number of anilines is 2. The van der Waals surface area contributed by atoms with Crippen molar-refractivity contribution in [2.24, 2.45) is 0 Å². The van der Waals surface area contributed by atoms with Gasteiger partial charge in [-0.15, -0.1) is 11.8 Å². The van der Waals surface area contributed by atoms with E-state index in [0.29, 0.717) is 11.4 Å². The van der Waals surface area contributed by atoms with Crippen LogP contribution in [0.3, 0.4) is 0 Å². The smallest absolute Gasteiger partial charge is 0.237 e. The molecule has 0 bridgehead atoms. The summed E-state index contributed by atoms with van der Waals surface area (Å²) in [5.74, 6) is -0.188. The monoisotopic (exact) mass is 392 g/mol. The largest absolute Gasteiger partial charge is 0.326 e. The van der Waals surface area contributed by atoms with Crippen molar-refractivity contribution in [2.45, 2.75) is 24.0 Å². The summed E-state index contributed by atoms with van der Waals surface area (Å²) in [6, 6.07) is 14.9. The molecule has 2 rings (SSSR count). The van der Waals surface area contributed by atoms with E-state index in [-0.39, 0.29) is 17.1 Å². The van der Waals surface area contributed by atoms with E-state index in [0.717, 1.165) is 9.37 Å². The first kappa shape index (κ1) is 17.6. The number of nitrogens with one attached hydrogen (secondary N) is 2. The highest BCUT2D eigenvalue weighted by atomic mass is 79.9. The Bertz CT molecular complexity index is 687. The maximum absolute atomic E-state index is 12.2. The minimum Gasteiger partial charge on any atom is -0.326 e. The highest BCUT2D eigenvalue weighted by Gasteiger charge is 2.14. The van der Waals surface area contributed by atoms with Gasteiger partial charge in [0.25, 0.3) is 0 Å². The van der Waals surface area contributed by atoms with Crippen LogP contribution in [0.25, 0.3) is 0 Å². The molecule has 2 aromatic carbocycles. The zero-order valence-corrected chi connectivity index (χ0v) is 15.2. The van der Waals surface area contributed by atoms with Crippen LogP contribution in [0, 0.1) is 0 Å². The van der Waals surface area contributed by atoms with Crippen LogP contribution in [-0.4, -0.2) is 17.1 Å². The number of carbonyl (C=O) groups excluding carboxylic acids is 2. The second kappa shape index (κ2) is 8.17. The molecular weight excluding hydrogens is 376 g/mol. The Hall–Kier alpha value is -1.79. The first-order valence-electron chi connectivity index (χ1n) is 7.05. The van der Waals surface area contributed by atoms with Crippen molar-refractivity contribution in [2.75, 3.05) is 10.6 Å². The minimum atomic E-state index is -0.216. The molecule has 0 aromatic heterocycles. The van der Waals surface area contributed by atoms with Crippen LogP contribution >= 0.6 is 27.7 Å². The van der Waals surface area contributed by atoms with Gasteiger partial charge < -0.3 is 10.6 Å². The summed E-state index contributed by atoms with van der Waals surface area (Å²) in [4.78, 5) is 24.2. The number of carbonyl (C=O) groups is 2. The maximum Gasteiger partial charge on any atom is 0.237 e. The summed E-state index contributed by atoms with van der Waals surface area (Å²) in [5, 5.41) is 5.34. The molecule has 0 saturated carbocycles. The Balaban J connectivity index is 1.92. The molecule has 0 aliphatic heterocycles. The fraction of sp³-hybridized carbons (Fsp3) is 0.176. The van der Waals surface area contributed by atoms with Gasteiger partial charge in [-0.25, -0.2) is 0 Å². The fourth-order valence-electron chi connectivity index (χ4n) is 1.85. The SMILES string of the molecule is CC(=O)Nc1ccc(NC(=O)[C@H](C)Sc2ccc(Br)cc2)cc1. The van der Waals surface area contributed by atoms with Crippen LogP contribution in [0.5, 0.6) is 0 Å². The van der Waals surface area contributed by atoms with E-state index in [9.17, 15) is 9.59 Å². The molecule has 2 aromatic rings. The second-order valence-corrected chi connectivity index (χ2v) is 7.29. The number of hydrogen-bond donors (Lipinski definition) is 2. The Labute approximate surface area is 148 Å². The van der Waals surface area contributed by atoms with Gasteiger partial charge >= 0.3 is 0 Å². The second-order valence-electron chi connectivity index (χ2n) is 4.96.